The Morgan fingerprint density at radius 2 is 0.760 bits per heavy atom. The molecular formula is C43H62N6O. The van der Waals surface area contributed by atoms with Gasteiger partial charge in [-0.15, -0.1) is 0 Å². The van der Waals surface area contributed by atoms with Crippen molar-refractivity contribution in [3.05, 3.63) is 149 Å². The molecule has 0 unspecified atom stereocenters. The molecule has 5 aromatic rings. The number of aromatic hydroxyl groups is 1. The van der Waals surface area contributed by atoms with E-state index in [1.807, 2.05) is 153 Å². The van der Waals surface area contributed by atoms with Gasteiger partial charge in [0.25, 0.3) is 0 Å². The first-order chi connectivity index (χ1) is 24.7. The molecule has 0 amide bonds. The van der Waals surface area contributed by atoms with Crippen molar-refractivity contribution in [1.82, 2.24) is 29.7 Å². The lowest BCUT2D eigenvalue weighted by atomic mass is 9.99. The van der Waals surface area contributed by atoms with Crippen molar-refractivity contribution in [2.45, 2.75) is 114 Å². The fourth-order valence-electron chi connectivity index (χ4n) is 5.21. The lowest BCUT2D eigenvalue weighted by molar-refractivity contribution is 0.231. The summed E-state index contributed by atoms with van der Waals surface area (Å²) < 4.78 is 0. The van der Waals surface area contributed by atoms with Gasteiger partial charge in [0.1, 0.15) is 5.75 Å². The Labute approximate surface area is 303 Å². The van der Waals surface area contributed by atoms with E-state index in [1.54, 1.807) is 0 Å². The second-order valence-electron chi connectivity index (χ2n) is 10.6. The topological polar surface area (TPSA) is 78.3 Å². The van der Waals surface area contributed by atoms with E-state index in [0.29, 0.717) is 45.0 Å². The molecule has 4 aromatic heterocycles. The molecule has 0 bridgehead atoms. The fraction of sp³-hybridized carbons (Fsp3) is 0.395. The van der Waals surface area contributed by atoms with Crippen LogP contribution in [0.5, 0.6) is 5.75 Å². The molecule has 0 saturated carbocycles. The molecule has 7 nitrogen and oxygen atoms in total. The summed E-state index contributed by atoms with van der Waals surface area (Å²) in [6.07, 6.45) is 9.27. The highest BCUT2D eigenvalue weighted by Crippen LogP contribution is 2.30. The number of aromatic nitrogens is 4. The van der Waals surface area contributed by atoms with E-state index in [0.717, 1.165) is 46.7 Å². The minimum Gasteiger partial charge on any atom is -0.507 e. The highest BCUT2D eigenvalue weighted by atomic mass is 16.3. The smallest absolute Gasteiger partial charge is 0.124 e. The van der Waals surface area contributed by atoms with Crippen LogP contribution in [0.2, 0.25) is 0 Å². The average Bonchev–Trinajstić information content (AvgIpc) is 3.18. The third kappa shape index (κ3) is 15.8. The predicted molar refractivity (Wildman–Crippen MR) is 210 cm³/mol. The highest BCUT2D eigenvalue weighted by molar-refractivity contribution is 5.44. The Bertz CT molecular complexity index is 1310. The number of phenolic OH excluding ortho intramolecular Hbond substituents is 1. The number of pyridine rings is 4. The number of nitrogens with zero attached hydrogens (tertiary/aromatic N) is 6. The molecule has 0 saturated heterocycles. The van der Waals surface area contributed by atoms with Crippen LogP contribution in [0.4, 0.5) is 0 Å². The van der Waals surface area contributed by atoms with Crippen LogP contribution in [-0.4, -0.2) is 34.8 Å². The first kappa shape index (κ1) is 43.6. The van der Waals surface area contributed by atoms with Crippen molar-refractivity contribution in [3.63, 3.8) is 0 Å². The molecule has 1 N–H and O–H groups in total. The van der Waals surface area contributed by atoms with Crippen molar-refractivity contribution in [3.8, 4) is 5.75 Å². The molecule has 50 heavy (non-hydrogen) atoms. The summed E-state index contributed by atoms with van der Waals surface area (Å²) in [6, 6.07) is 28.2. The second kappa shape index (κ2) is 27.4. The van der Waals surface area contributed by atoms with Gasteiger partial charge in [0.15, 0.2) is 0 Å². The molecule has 0 radical (unpaired) electrons. The molecule has 0 fully saturated rings. The van der Waals surface area contributed by atoms with E-state index >= 15 is 0 Å². The van der Waals surface area contributed by atoms with Gasteiger partial charge >= 0.3 is 0 Å². The molecule has 1 aromatic carbocycles. The maximum absolute atomic E-state index is 11.7. The van der Waals surface area contributed by atoms with Crippen molar-refractivity contribution in [2.75, 3.05) is 0 Å². The second-order valence-corrected chi connectivity index (χ2v) is 10.6. The van der Waals surface area contributed by atoms with E-state index in [1.165, 1.54) is 5.56 Å². The van der Waals surface area contributed by atoms with Crippen LogP contribution >= 0.6 is 0 Å². The van der Waals surface area contributed by atoms with Crippen molar-refractivity contribution in [1.29, 1.82) is 0 Å². The van der Waals surface area contributed by atoms with Gasteiger partial charge in [-0.3, -0.25) is 29.7 Å². The van der Waals surface area contributed by atoms with Crippen molar-refractivity contribution >= 4 is 0 Å². The largest absolute Gasteiger partial charge is 0.507 e. The molecule has 0 aliphatic carbocycles. The molecule has 7 heteroatoms. The van der Waals surface area contributed by atoms with Crippen LogP contribution in [0.3, 0.4) is 0 Å². The normalized spacial score (nSPS) is 9.98. The zero-order chi connectivity index (χ0) is 37.0. The van der Waals surface area contributed by atoms with Gasteiger partial charge in [-0.1, -0.05) is 105 Å². The Balaban J connectivity index is 0.00000146. The first-order valence-electron chi connectivity index (χ1n) is 18.5. The summed E-state index contributed by atoms with van der Waals surface area (Å²) in [5.41, 5.74) is 6.98. The molecule has 5 rings (SSSR count). The SMILES string of the molecule is CC.CC.CC.CC.CCCc1cc(CN(Cc2ccccn2)Cc2ccccn2)c(O)c(CN(Cc2ccccn2)Cc2ccccn2)c1. The predicted octanol–water partition coefficient (Wildman–Crippen LogP) is 10.4. The zero-order valence-corrected chi connectivity index (χ0v) is 32.2. The van der Waals surface area contributed by atoms with Gasteiger partial charge in [0.05, 0.1) is 22.8 Å². The summed E-state index contributed by atoms with van der Waals surface area (Å²) in [6.45, 7) is 21.9. The van der Waals surface area contributed by atoms with Crippen molar-refractivity contribution < 1.29 is 5.11 Å². The Kier molecular flexibility index (Phi) is 23.8. The summed E-state index contributed by atoms with van der Waals surface area (Å²) >= 11 is 0. The van der Waals surface area contributed by atoms with E-state index in [2.05, 4.69) is 48.8 Å². The summed E-state index contributed by atoms with van der Waals surface area (Å²) in [5, 5.41) is 11.7. The number of hydrogen-bond acceptors (Lipinski definition) is 7. The van der Waals surface area contributed by atoms with Gasteiger partial charge < -0.3 is 5.11 Å². The molecule has 0 spiro atoms. The molecular weight excluding hydrogens is 617 g/mol. The molecule has 270 valence electrons. The van der Waals surface area contributed by atoms with E-state index in [-0.39, 0.29) is 0 Å². The number of benzene rings is 1. The maximum atomic E-state index is 11.7. The lowest BCUT2D eigenvalue weighted by Crippen LogP contribution is -2.25. The highest BCUT2D eigenvalue weighted by Gasteiger charge is 2.18. The Morgan fingerprint density at radius 1 is 0.460 bits per heavy atom. The molecule has 0 aliphatic heterocycles. The van der Waals surface area contributed by atoms with Gasteiger partial charge in [-0.05, 0) is 60.5 Å². The van der Waals surface area contributed by atoms with Crippen LogP contribution in [0, 0.1) is 0 Å². The van der Waals surface area contributed by atoms with Gasteiger partial charge in [-0.25, -0.2) is 0 Å². The lowest BCUT2D eigenvalue weighted by Gasteiger charge is -2.26. The molecule has 4 heterocycles. The third-order valence-electron chi connectivity index (χ3n) is 7.10. The van der Waals surface area contributed by atoms with E-state index in [4.69, 9.17) is 0 Å². The van der Waals surface area contributed by atoms with Gasteiger partial charge in [-0.2, -0.15) is 0 Å². The zero-order valence-electron chi connectivity index (χ0n) is 32.2. The molecule has 0 aliphatic rings. The monoisotopic (exact) mass is 678 g/mol. The van der Waals surface area contributed by atoms with E-state index < -0.39 is 0 Å². The standard InChI is InChI=1S/C35H38N6O.4C2H6/c1-2-11-28-20-29(22-40(24-31-12-3-7-16-36-31)25-32-13-4-8-17-37-32)35(42)30(21-28)23-41(26-33-14-5-9-18-38-33)27-34-15-6-10-19-39-34;4*1-2/h3-10,12-21,42H,2,11,22-27H2,1H3;4*1-2H3. The Hall–Kier alpha value is -4.46. The average molecular weight is 679 g/mol. The number of aryl methyl sites for hydroxylation is 1. The number of rotatable bonds is 14. The fourth-order valence-corrected chi connectivity index (χ4v) is 5.21. The summed E-state index contributed by atoms with van der Waals surface area (Å²) in [5.74, 6) is 0.342. The van der Waals surface area contributed by atoms with Gasteiger partial charge in [0.2, 0.25) is 0 Å². The van der Waals surface area contributed by atoms with Crippen LogP contribution in [0.25, 0.3) is 0 Å². The maximum Gasteiger partial charge on any atom is 0.124 e. The van der Waals surface area contributed by atoms with Crippen LogP contribution in [-0.2, 0) is 45.7 Å². The van der Waals surface area contributed by atoms with Crippen LogP contribution in [0.15, 0.2) is 110 Å². The summed E-state index contributed by atoms with van der Waals surface area (Å²) in [7, 11) is 0. The van der Waals surface area contributed by atoms with E-state index in [9.17, 15) is 5.11 Å². The summed E-state index contributed by atoms with van der Waals surface area (Å²) in [4.78, 5) is 22.8. The van der Waals surface area contributed by atoms with Gasteiger partial charge in [0, 0.05) is 75.2 Å². The van der Waals surface area contributed by atoms with Crippen molar-refractivity contribution in [2.24, 2.45) is 0 Å². The molecule has 0 atom stereocenters. The van der Waals surface area contributed by atoms with Crippen LogP contribution < -0.4 is 0 Å². The Morgan fingerprint density at radius 3 is 1.00 bits per heavy atom. The number of phenols is 1. The van der Waals surface area contributed by atoms with Crippen LogP contribution in [0.1, 0.15) is 108 Å². The minimum absolute atomic E-state index is 0.342. The quantitative estimate of drug-likeness (QED) is 0.125. The first-order valence-corrected chi connectivity index (χ1v) is 18.5. The minimum atomic E-state index is 0.342. The number of hydrogen-bond donors (Lipinski definition) is 1. The third-order valence-corrected chi connectivity index (χ3v) is 7.10.